The Morgan fingerprint density at radius 3 is 2.90 bits per heavy atom. The quantitative estimate of drug-likeness (QED) is 0.867. The molecule has 21 heavy (non-hydrogen) atoms. The standard InChI is InChI=1S/C17H16FNO2/c18-14-7-3-8-15(11-14)21-12-17(20)19-10-4-6-13-5-1-2-9-16(13)19/h1-3,5,7-9,11H,4,6,10,12H2. The third-order valence-electron chi connectivity index (χ3n) is 3.57. The molecule has 4 heteroatoms. The van der Waals surface area contributed by atoms with Crippen molar-refractivity contribution in [3.8, 4) is 5.75 Å². The first-order chi connectivity index (χ1) is 10.2. The minimum Gasteiger partial charge on any atom is -0.484 e. The Balaban J connectivity index is 1.69. The number of carbonyl (C=O) groups excluding carboxylic acids is 1. The molecule has 0 saturated heterocycles. The largest absolute Gasteiger partial charge is 0.484 e. The smallest absolute Gasteiger partial charge is 0.264 e. The number of rotatable bonds is 3. The highest BCUT2D eigenvalue weighted by molar-refractivity contribution is 5.95. The van der Waals surface area contributed by atoms with Crippen LogP contribution in [0.25, 0.3) is 0 Å². The summed E-state index contributed by atoms with van der Waals surface area (Å²) in [6.45, 7) is 0.611. The monoisotopic (exact) mass is 285 g/mol. The Kier molecular flexibility index (Phi) is 3.86. The number of fused-ring (bicyclic) bond motifs is 1. The molecule has 108 valence electrons. The molecule has 0 radical (unpaired) electrons. The molecule has 0 aliphatic carbocycles. The van der Waals surface area contributed by atoms with Crippen molar-refractivity contribution in [2.24, 2.45) is 0 Å². The lowest BCUT2D eigenvalue weighted by Crippen LogP contribution is -2.38. The number of para-hydroxylation sites is 1. The average molecular weight is 285 g/mol. The summed E-state index contributed by atoms with van der Waals surface area (Å²) in [6, 6.07) is 13.7. The highest BCUT2D eigenvalue weighted by Gasteiger charge is 2.22. The Morgan fingerprint density at radius 1 is 1.19 bits per heavy atom. The number of anilines is 1. The maximum absolute atomic E-state index is 13.1. The number of halogens is 1. The third-order valence-corrected chi connectivity index (χ3v) is 3.57. The summed E-state index contributed by atoms with van der Waals surface area (Å²) < 4.78 is 18.5. The summed E-state index contributed by atoms with van der Waals surface area (Å²) in [7, 11) is 0. The van der Waals surface area contributed by atoms with Gasteiger partial charge in [0.2, 0.25) is 0 Å². The van der Waals surface area contributed by atoms with Gasteiger partial charge in [-0.05, 0) is 36.6 Å². The maximum Gasteiger partial charge on any atom is 0.264 e. The Hall–Kier alpha value is -2.36. The van der Waals surface area contributed by atoms with Crippen LogP contribution < -0.4 is 9.64 Å². The number of ether oxygens (including phenoxy) is 1. The van der Waals surface area contributed by atoms with Crippen LogP contribution >= 0.6 is 0 Å². The van der Waals surface area contributed by atoms with E-state index in [0.29, 0.717) is 12.3 Å². The average Bonchev–Trinajstić information content (AvgIpc) is 2.52. The zero-order chi connectivity index (χ0) is 14.7. The number of carbonyl (C=O) groups is 1. The Labute approximate surface area is 123 Å². The lowest BCUT2D eigenvalue weighted by Gasteiger charge is -2.29. The fourth-order valence-corrected chi connectivity index (χ4v) is 2.57. The molecule has 3 rings (SSSR count). The molecule has 0 bridgehead atoms. The van der Waals surface area contributed by atoms with Crippen LogP contribution in [0.3, 0.4) is 0 Å². The molecule has 0 aromatic heterocycles. The Morgan fingerprint density at radius 2 is 2.05 bits per heavy atom. The predicted molar refractivity (Wildman–Crippen MR) is 79.0 cm³/mol. The van der Waals surface area contributed by atoms with Crippen molar-refractivity contribution >= 4 is 11.6 Å². The topological polar surface area (TPSA) is 29.5 Å². The molecule has 1 aliphatic heterocycles. The van der Waals surface area contributed by atoms with Gasteiger partial charge in [-0.25, -0.2) is 4.39 Å². The van der Waals surface area contributed by atoms with Crippen molar-refractivity contribution in [3.05, 3.63) is 59.9 Å². The van der Waals surface area contributed by atoms with Gasteiger partial charge in [0, 0.05) is 18.3 Å². The molecule has 0 atom stereocenters. The second-order valence-electron chi connectivity index (χ2n) is 5.02. The van der Waals surface area contributed by atoms with Gasteiger partial charge in [0.1, 0.15) is 11.6 Å². The highest BCUT2D eigenvalue weighted by atomic mass is 19.1. The highest BCUT2D eigenvalue weighted by Crippen LogP contribution is 2.26. The number of hydrogen-bond donors (Lipinski definition) is 0. The van der Waals surface area contributed by atoms with Gasteiger partial charge in [0.25, 0.3) is 5.91 Å². The van der Waals surface area contributed by atoms with Gasteiger partial charge in [-0.2, -0.15) is 0 Å². The van der Waals surface area contributed by atoms with Gasteiger partial charge in [-0.3, -0.25) is 4.79 Å². The van der Waals surface area contributed by atoms with E-state index in [4.69, 9.17) is 4.74 Å². The molecule has 0 spiro atoms. The SMILES string of the molecule is O=C(COc1cccc(F)c1)N1CCCc2ccccc21. The third kappa shape index (κ3) is 3.05. The molecule has 0 fully saturated rings. The van der Waals surface area contributed by atoms with Crippen molar-refractivity contribution < 1.29 is 13.9 Å². The summed E-state index contributed by atoms with van der Waals surface area (Å²) >= 11 is 0. The van der Waals surface area contributed by atoms with E-state index >= 15 is 0 Å². The lowest BCUT2D eigenvalue weighted by molar-refractivity contribution is -0.120. The molecular weight excluding hydrogens is 269 g/mol. The van der Waals surface area contributed by atoms with Crippen LogP contribution in [0.1, 0.15) is 12.0 Å². The van der Waals surface area contributed by atoms with Gasteiger partial charge in [0.05, 0.1) is 0 Å². The number of benzene rings is 2. The predicted octanol–water partition coefficient (Wildman–Crippen LogP) is 3.18. The van der Waals surface area contributed by atoms with Crippen molar-refractivity contribution in [1.82, 2.24) is 0 Å². The normalized spacial score (nSPS) is 13.7. The van der Waals surface area contributed by atoms with Crippen molar-refractivity contribution in [1.29, 1.82) is 0 Å². The number of nitrogens with zero attached hydrogens (tertiary/aromatic N) is 1. The van der Waals surface area contributed by atoms with Crippen molar-refractivity contribution in [3.63, 3.8) is 0 Å². The fourth-order valence-electron chi connectivity index (χ4n) is 2.57. The van der Waals surface area contributed by atoms with Gasteiger partial charge < -0.3 is 9.64 Å². The van der Waals surface area contributed by atoms with Crippen LogP contribution in [0.15, 0.2) is 48.5 Å². The van der Waals surface area contributed by atoms with Crippen LogP contribution in [-0.2, 0) is 11.2 Å². The van der Waals surface area contributed by atoms with E-state index in [1.807, 2.05) is 24.3 Å². The zero-order valence-electron chi connectivity index (χ0n) is 11.6. The first kappa shape index (κ1) is 13.6. The molecule has 1 amide bonds. The van der Waals surface area contributed by atoms with Gasteiger partial charge in [0.15, 0.2) is 6.61 Å². The maximum atomic E-state index is 13.1. The van der Waals surface area contributed by atoms with E-state index in [-0.39, 0.29) is 18.3 Å². The van der Waals surface area contributed by atoms with Crippen LogP contribution in [0.2, 0.25) is 0 Å². The number of aryl methyl sites for hydroxylation is 1. The molecule has 1 heterocycles. The Bertz CT molecular complexity index is 657. The lowest BCUT2D eigenvalue weighted by atomic mass is 10.0. The molecule has 0 N–H and O–H groups in total. The number of amides is 1. The molecule has 2 aromatic carbocycles. The van der Waals surface area contributed by atoms with E-state index in [9.17, 15) is 9.18 Å². The summed E-state index contributed by atoms with van der Waals surface area (Å²) in [5.41, 5.74) is 2.14. The summed E-state index contributed by atoms with van der Waals surface area (Å²) in [4.78, 5) is 14.1. The first-order valence-electron chi connectivity index (χ1n) is 7.01. The number of hydrogen-bond acceptors (Lipinski definition) is 2. The molecule has 3 nitrogen and oxygen atoms in total. The molecule has 0 saturated carbocycles. The van der Waals surface area contributed by atoms with Gasteiger partial charge >= 0.3 is 0 Å². The second-order valence-corrected chi connectivity index (χ2v) is 5.02. The van der Waals surface area contributed by atoms with Crippen LogP contribution in [0.4, 0.5) is 10.1 Å². The molecule has 1 aliphatic rings. The van der Waals surface area contributed by atoms with E-state index in [1.165, 1.54) is 17.7 Å². The molecule has 0 unspecified atom stereocenters. The van der Waals surface area contributed by atoms with Crippen LogP contribution in [-0.4, -0.2) is 19.1 Å². The minimum absolute atomic E-state index is 0.0855. The summed E-state index contributed by atoms with van der Waals surface area (Å²) in [5.74, 6) is -0.108. The first-order valence-corrected chi connectivity index (χ1v) is 7.01. The summed E-state index contributed by atoms with van der Waals surface area (Å²) in [5, 5.41) is 0. The molecular formula is C17H16FNO2. The molecule has 2 aromatic rings. The van der Waals surface area contributed by atoms with E-state index in [0.717, 1.165) is 18.5 Å². The van der Waals surface area contributed by atoms with Crippen molar-refractivity contribution in [2.45, 2.75) is 12.8 Å². The van der Waals surface area contributed by atoms with E-state index in [1.54, 1.807) is 17.0 Å². The second kappa shape index (κ2) is 5.95. The van der Waals surface area contributed by atoms with Crippen LogP contribution in [0.5, 0.6) is 5.75 Å². The summed E-state index contributed by atoms with van der Waals surface area (Å²) in [6.07, 6.45) is 1.94. The van der Waals surface area contributed by atoms with Gasteiger partial charge in [-0.15, -0.1) is 0 Å². The van der Waals surface area contributed by atoms with Crippen molar-refractivity contribution in [2.75, 3.05) is 18.1 Å². The fraction of sp³-hybridized carbons (Fsp3) is 0.235. The van der Waals surface area contributed by atoms with E-state index in [2.05, 4.69) is 0 Å². The van der Waals surface area contributed by atoms with Crippen LogP contribution in [0, 0.1) is 5.82 Å². The minimum atomic E-state index is -0.372. The van der Waals surface area contributed by atoms with E-state index < -0.39 is 0 Å². The van der Waals surface area contributed by atoms with Gasteiger partial charge in [-0.1, -0.05) is 24.3 Å². The zero-order valence-corrected chi connectivity index (χ0v) is 11.6.